The zero-order chi connectivity index (χ0) is 21.2. The number of aromatic nitrogens is 4. The molecule has 3 heterocycles. The van der Waals surface area contributed by atoms with Gasteiger partial charge < -0.3 is 14.8 Å². The highest BCUT2D eigenvalue weighted by Crippen LogP contribution is 2.31. The smallest absolute Gasteiger partial charge is 0.227 e. The lowest BCUT2D eigenvalue weighted by molar-refractivity contribution is -0.116. The first kappa shape index (κ1) is 19.5. The number of rotatable bonds is 6. The van der Waals surface area contributed by atoms with Gasteiger partial charge in [-0.2, -0.15) is 4.98 Å². The summed E-state index contributed by atoms with van der Waals surface area (Å²) >= 11 is 7.29. The molecule has 7 nitrogen and oxygen atoms in total. The summed E-state index contributed by atoms with van der Waals surface area (Å²) in [6, 6.07) is 15.2. The number of H-pyrrole nitrogens is 1. The summed E-state index contributed by atoms with van der Waals surface area (Å²) in [5, 5.41) is 11.0. The number of thiazole rings is 1. The molecule has 0 bridgehead atoms. The van der Waals surface area contributed by atoms with Gasteiger partial charge in [0.25, 0.3) is 0 Å². The number of fused-ring (bicyclic) bond motifs is 1. The molecular weight excluding hydrogens is 434 g/mol. The van der Waals surface area contributed by atoms with Gasteiger partial charge >= 0.3 is 0 Å². The average Bonchev–Trinajstić information content (AvgIpc) is 3.52. The Hall–Kier alpha value is -3.49. The number of nitrogens with one attached hydrogen (secondary N) is 2. The second-order valence-electron chi connectivity index (χ2n) is 6.85. The van der Waals surface area contributed by atoms with Crippen molar-refractivity contribution >= 4 is 44.9 Å². The molecule has 154 valence electrons. The highest BCUT2D eigenvalue weighted by atomic mass is 35.5. The Balaban J connectivity index is 1.20. The Morgan fingerprint density at radius 1 is 1.13 bits per heavy atom. The molecular formula is C22H16ClN5O2S. The Morgan fingerprint density at radius 2 is 1.97 bits per heavy atom. The molecule has 0 spiro atoms. The van der Waals surface area contributed by atoms with Crippen molar-refractivity contribution in [2.45, 2.75) is 12.8 Å². The van der Waals surface area contributed by atoms with Crippen LogP contribution in [-0.4, -0.2) is 26.0 Å². The SMILES string of the molecule is O=C(CCc1nc(-c2ccc(Cl)cc2)no1)Nc1nc(-c2c[nH]c3ccccc23)cs1. The van der Waals surface area contributed by atoms with Crippen LogP contribution < -0.4 is 5.32 Å². The molecule has 0 radical (unpaired) electrons. The molecule has 3 aromatic heterocycles. The largest absolute Gasteiger partial charge is 0.360 e. The van der Waals surface area contributed by atoms with Crippen molar-refractivity contribution in [3.8, 4) is 22.6 Å². The van der Waals surface area contributed by atoms with Gasteiger partial charge in [0.2, 0.25) is 17.6 Å². The second-order valence-corrected chi connectivity index (χ2v) is 8.15. The molecule has 0 atom stereocenters. The first-order valence-electron chi connectivity index (χ1n) is 9.56. The molecule has 31 heavy (non-hydrogen) atoms. The lowest BCUT2D eigenvalue weighted by Gasteiger charge is -1.99. The van der Waals surface area contributed by atoms with Gasteiger partial charge in [0.05, 0.1) is 5.69 Å². The number of aromatic amines is 1. The maximum absolute atomic E-state index is 12.4. The highest BCUT2D eigenvalue weighted by Gasteiger charge is 2.14. The first-order valence-corrected chi connectivity index (χ1v) is 10.8. The number of carbonyl (C=O) groups excluding carboxylic acids is 1. The van der Waals surface area contributed by atoms with Crippen LogP contribution in [0.1, 0.15) is 12.3 Å². The maximum atomic E-state index is 12.4. The lowest BCUT2D eigenvalue weighted by atomic mass is 10.1. The van der Waals surface area contributed by atoms with Gasteiger partial charge in [0, 0.05) is 51.5 Å². The van der Waals surface area contributed by atoms with Crippen LogP contribution in [0.2, 0.25) is 5.02 Å². The molecule has 5 rings (SSSR count). The Labute approximate surface area is 186 Å². The van der Waals surface area contributed by atoms with Crippen molar-refractivity contribution in [3.63, 3.8) is 0 Å². The number of halogens is 1. The molecule has 0 unspecified atom stereocenters. The average molecular weight is 450 g/mol. The number of aryl methyl sites for hydroxylation is 1. The molecule has 2 aromatic carbocycles. The van der Waals surface area contributed by atoms with Gasteiger partial charge in [-0.15, -0.1) is 11.3 Å². The van der Waals surface area contributed by atoms with E-state index in [0.29, 0.717) is 28.3 Å². The van der Waals surface area contributed by atoms with Gasteiger partial charge in [-0.1, -0.05) is 35.0 Å². The van der Waals surface area contributed by atoms with E-state index in [1.165, 1.54) is 11.3 Å². The third kappa shape index (κ3) is 4.21. The molecule has 0 aliphatic rings. The van der Waals surface area contributed by atoms with E-state index in [1.54, 1.807) is 12.1 Å². The van der Waals surface area contributed by atoms with Gasteiger partial charge in [0.1, 0.15) is 0 Å². The van der Waals surface area contributed by atoms with E-state index in [-0.39, 0.29) is 12.3 Å². The van der Waals surface area contributed by atoms with E-state index < -0.39 is 0 Å². The van der Waals surface area contributed by atoms with Crippen LogP contribution in [-0.2, 0) is 11.2 Å². The number of hydrogen-bond donors (Lipinski definition) is 2. The van der Waals surface area contributed by atoms with Crippen molar-refractivity contribution in [1.82, 2.24) is 20.1 Å². The molecule has 5 aromatic rings. The Bertz CT molecular complexity index is 1360. The third-order valence-electron chi connectivity index (χ3n) is 4.75. The topological polar surface area (TPSA) is 96.7 Å². The summed E-state index contributed by atoms with van der Waals surface area (Å²) in [6.45, 7) is 0. The second kappa shape index (κ2) is 8.33. The van der Waals surface area contributed by atoms with E-state index in [9.17, 15) is 4.79 Å². The minimum Gasteiger partial charge on any atom is -0.360 e. The summed E-state index contributed by atoms with van der Waals surface area (Å²) in [5.74, 6) is 0.708. The monoisotopic (exact) mass is 449 g/mol. The van der Waals surface area contributed by atoms with Crippen LogP contribution in [0.5, 0.6) is 0 Å². The molecule has 0 saturated heterocycles. The predicted molar refractivity (Wildman–Crippen MR) is 121 cm³/mol. The number of amides is 1. The zero-order valence-electron chi connectivity index (χ0n) is 16.1. The summed E-state index contributed by atoms with van der Waals surface area (Å²) in [6.07, 6.45) is 2.48. The minimum atomic E-state index is -0.161. The number of anilines is 1. The normalized spacial score (nSPS) is 11.1. The zero-order valence-corrected chi connectivity index (χ0v) is 17.7. The van der Waals surface area contributed by atoms with E-state index in [4.69, 9.17) is 16.1 Å². The summed E-state index contributed by atoms with van der Waals surface area (Å²) in [4.78, 5) is 24.5. The molecule has 1 amide bonds. The van der Waals surface area contributed by atoms with Crippen LogP contribution >= 0.6 is 22.9 Å². The van der Waals surface area contributed by atoms with Gasteiger partial charge in [0.15, 0.2) is 5.13 Å². The maximum Gasteiger partial charge on any atom is 0.227 e. The van der Waals surface area contributed by atoms with Crippen molar-refractivity contribution in [1.29, 1.82) is 0 Å². The molecule has 2 N–H and O–H groups in total. The fourth-order valence-corrected chi connectivity index (χ4v) is 4.07. The number of nitrogens with zero attached hydrogens (tertiary/aromatic N) is 3. The van der Waals surface area contributed by atoms with Crippen molar-refractivity contribution in [2.24, 2.45) is 0 Å². The fourth-order valence-electron chi connectivity index (χ4n) is 3.21. The van der Waals surface area contributed by atoms with Crippen molar-refractivity contribution < 1.29 is 9.32 Å². The lowest BCUT2D eigenvalue weighted by Crippen LogP contribution is -2.12. The Morgan fingerprint density at radius 3 is 2.84 bits per heavy atom. The highest BCUT2D eigenvalue weighted by molar-refractivity contribution is 7.14. The summed E-state index contributed by atoms with van der Waals surface area (Å²) < 4.78 is 5.25. The summed E-state index contributed by atoms with van der Waals surface area (Å²) in [7, 11) is 0. The first-order chi connectivity index (χ1) is 15.2. The van der Waals surface area contributed by atoms with Gasteiger partial charge in [-0.3, -0.25) is 4.79 Å². The van der Waals surface area contributed by atoms with Crippen molar-refractivity contribution in [2.75, 3.05) is 5.32 Å². The molecule has 0 aliphatic heterocycles. The summed E-state index contributed by atoms with van der Waals surface area (Å²) in [5.41, 5.74) is 3.68. The van der Waals surface area contributed by atoms with E-state index in [2.05, 4.69) is 25.4 Å². The number of para-hydroxylation sites is 1. The molecule has 0 saturated carbocycles. The predicted octanol–water partition coefficient (Wildman–Crippen LogP) is 5.57. The van der Waals surface area contributed by atoms with Crippen LogP contribution in [0.3, 0.4) is 0 Å². The third-order valence-corrected chi connectivity index (χ3v) is 5.76. The number of benzene rings is 2. The molecule has 0 aliphatic carbocycles. The standard InChI is InChI=1S/C22H16ClN5O2S/c23-14-7-5-13(6-8-14)21-27-20(30-28-21)10-9-19(29)26-22-25-18(12-31-22)16-11-24-17-4-2-1-3-15(16)17/h1-8,11-12,24H,9-10H2,(H,25,26,29). The molecule has 0 fully saturated rings. The van der Waals surface area contributed by atoms with Crippen molar-refractivity contribution in [3.05, 3.63) is 71.0 Å². The fraction of sp³-hybridized carbons (Fsp3) is 0.0909. The van der Waals surface area contributed by atoms with Crippen LogP contribution in [0.25, 0.3) is 33.5 Å². The van der Waals surface area contributed by atoms with E-state index in [1.807, 2.05) is 48.0 Å². The number of carbonyl (C=O) groups is 1. The van der Waals surface area contributed by atoms with Crippen LogP contribution in [0.15, 0.2) is 64.6 Å². The number of hydrogen-bond acceptors (Lipinski definition) is 6. The van der Waals surface area contributed by atoms with E-state index >= 15 is 0 Å². The van der Waals surface area contributed by atoms with Gasteiger partial charge in [-0.25, -0.2) is 4.98 Å². The minimum absolute atomic E-state index is 0.161. The quantitative estimate of drug-likeness (QED) is 0.353. The van der Waals surface area contributed by atoms with Crippen LogP contribution in [0, 0.1) is 0 Å². The Kier molecular flexibility index (Phi) is 5.23. The van der Waals surface area contributed by atoms with Gasteiger partial charge in [-0.05, 0) is 30.3 Å². The van der Waals surface area contributed by atoms with E-state index in [0.717, 1.165) is 27.7 Å². The van der Waals surface area contributed by atoms with Crippen LogP contribution in [0.4, 0.5) is 5.13 Å². The molecule has 9 heteroatoms.